The lowest BCUT2D eigenvalue weighted by atomic mass is 10.1. The van der Waals surface area contributed by atoms with E-state index in [9.17, 15) is 9.18 Å². The molecule has 0 aliphatic rings. The van der Waals surface area contributed by atoms with Crippen molar-refractivity contribution in [2.45, 2.75) is 12.8 Å². The summed E-state index contributed by atoms with van der Waals surface area (Å²) >= 11 is 1.51. The van der Waals surface area contributed by atoms with Crippen LogP contribution in [0.5, 0.6) is 0 Å². The van der Waals surface area contributed by atoms with Gasteiger partial charge < -0.3 is 9.88 Å². The summed E-state index contributed by atoms with van der Waals surface area (Å²) in [6.07, 6.45) is 4.79. The lowest BCUT2D eigenvalue weighted by Gasteiger charge is -2.04. The Balaban J connectivity index is 1.47. The molecule has 23 heavy (non-hydrogen) atoms. The molecule has 0 spiro atoms. The first kappa shape index (κ1) is 15.4. The summed E-state index contributed by atoms with van der Waals surface area (Å²) in [4.78, 5) is 16.4. The van der Waals surface area contributed by atoms with Crippen LogP contribution >= 0.6 is 11.3 Å². The molecule has 0 saturated carbocycles. The van der Waals surface area contributed by atoms with Gasteiger partial charge in [-0.1, -0.05) is 12.1 Å². The minimum atomic E-state index is -0.250. The summed E-state index contributed by atoms with van der Waals surface area (Å²) < 4.78 is 14.7. The number of nitrogens with zero attached hydrogens (tertiary/aromatic N) is 2. The van der Waals surface area contributed by atoms with E-state index in [4.69, 9.17) is 0 Å². The lowest BCUT2D eigenvalue weighted by Crippen LogP contribution is -2.27. The van der Waals surface area contributed by atoms with Gasteiger partial charge in [-0.2, -0.15) is 0 Å². The van der Waals surface area contributed by atoms with Gasteiger partial charge in [-0.25, -0.2) is 9.37 Å². The molecule has 0 fully saturated rings. The molecular formula is C17H16FN3OS. The molecule has 0 saturated heterocycles. The van der Waals surface area contributed by atoms with Gasteiger partial charge in [-0.15, -0.1) is 11.3 Å². The topological polar surface area (TPSA) is 46.9 Å². The smallest absolute Gasteiger partial charge is 0.226 e. The molecule has 0 atom stereocenters. The highest BCUT2D eigenvalue weighted by Crippen LogP contribution is 2.15. The van der Waals surface area contributed by atoms with Crippen LogP contribution in [0.2, 0.25) is 0 Å². The zero-order chi connectivity index (χ0) is 16.1. The van der Waals surface area contributed by atoms with Crippen molar-refractivity contribution in [1.29, 1.82) is 0 Å². The maximum Gasteiger partial charge on any atom is 0.226 e. The van der Waals surface area contributed by atoms with E-state index in [-0.39, 0.29) is 18.1 Å². The molecule has 6 heteroatoms. The first-order chi connectivity index (χ1) is 11.2. The largest absolute Gasteiger partial charge is 0.355 e. The molecule has 0 unspecified atom stereocenters. The van der Waals surface area contributed by atoms with Gasteiger partial charge in [0.25, 0.3) is 0 Å². The van der Waals surface area contributed by atoms with Crippen molar-refractivity contribution < 1.29 is 9.18 Å². The quantitative estimate of drug-likeness (QED) is 0.756. The van der Waals surface area contributed by atoms with Gasteiger partial charge in [0.15, 0.2) is 5.13 Å². The molecule has 2 aromatic heterocycles. The average Bonchev–Trinajstić information content (AvgIpc) is 3.20. The van der Waals surface area contributed by atoms with Gasteiger partial charge in [0, 0.05) is 24.3 Å². The summed E-state index contributed by atoms with van der Waals surface area (Å²) in [5.41, 5.74) is 1.76. The number of hydrogen-bond donors (Lipinski definition) is 1. The van der Waals surface area contributed by atoms with Gasteiger partial charge in [-0.05, 0) is 36.2 Å². The molecule has 4 nitrogen and oxygen atoms in total. The van der Waals surface area contributed by atoms with Crippen LogP contribution in [0.1, 0.15) is 11.3 Å². The Labute approximate surface area is 137 Å². The van der Waals surface area contributed by atoms with Crippen LogP contribution in [0.3, 0.4) is 0 Å². The van der Waals surface area contributed by atoms with Crippen molar-refractivity contribution in [2.75, 3.05) is 6.54 Å². The van der Waals surface area contributed by atoms with Crippen LogP contribution in [0.25, 0.3) is 5.13 Å². The van der Waals surface area contributed by atoms with Crippen LogP contribution in [-0.4, -0.2) is 22.0 Å². The van der Waals surface area contributed by atoms with E-state index in [1.807, 2.05) is 34.5 Å². The molecule has 118 valence electrons. The third kappa shape index (κ3) is 4.26. The van der Waals surface area contributed by atoms with E-state index in [2.05, 4.69) is 10.3 Å². The molecule has 3 aromatic rings. The number of hydrogen-bond acceptors (Lipinski definition) is 3. The highest BCUT2D eigenvalue weighted by Gasteiger charge is 2.08. The first-order valence-electron chi connectivity index (χ1n) is 7.29. The Kier molecular flexibility index (Phi) is 4.83. The highest BCUT2D eigenvalue weighted by molar-refractivity contribution is 7.12. The standard InChI is InChI=1S/C17H16FN3OS/c18-14-5-3-13(4-6-14)7-8-19-16(22)11-15-12-23-17(20-15)21-9-1-2-10-21/h1-6,9-10,12H,7-8,11H2,(H,19,22). The molecular weight excluding hydrogens is 313 g/mol. The summed E-state index contributed by atoms with van der Waals surface area (Å²) in [7, 11) is 0. The van der Waals surface area contributed by atoms with Gasteiger partial charge in [0.2, 0.25) is 5.91 Å². The van der Waals surface area contributed by atoms with Crippen molar-refractivity contribution in [3.05, 3.63) is 71.2 Å². The number of rotatable bonds is 6. The molecule has 0 aliphatic carbocycles. The van der Waals surface area contributed by atoms with Crippen LogP contribution in [0.4, 0.5) is 4.39 Å². The number of carbonyl (C=O) groups excluding carboxylic acids is 1. The SMILES string of the molecule is O=C(Cc1csc(-n2cccc2)n1)NCCc1ccc(F)cc1. The van der Waals surface area contributed by atoms with Crippen LogP contribution < -0.4 is 5.32 Å². The number of halogens is 1. The summed E-state index contributed by atoms with van der Waals surface area (Å²) in [6, 6.07) is 10.2. The van der Waals surface area contributed by atoms with E-state index < -0.39 is 0 Å². The van der Waals surface area contributed by atoms with E-state index in [1.54, 1.807) is 12.1 Å². The Morgan fingerprint density at radius 3 is 2.70 bits per heavy atom. The molecule has 1 N–H and O–H groups in total. The molecule has 0 aliphatic heterocycles. The Hall–Kier alpha value is -2.47. The Morgan fingerprint density at radius 2 is 1.96 bits per heavy atom. The van der Waals surface area contributed by atoms with Crippen LogP contribution in [0, 0.1) is 5.82 Å². The van der Waals surface area contributed by atoms with Crippen LogP contribution in [0.15, 0.2) is 54.2 Å². The number of benzene rings is 1. The molecule has 0 bridgehead atoms. The Bertz CT molecular complexity index is 766. The van der Waals surface area contributed by atoms with Crippen molar-refractivity contribution in [2.24, 2.45) is 0 Å². The van der Waals surface area contributed by atoms with E-state index in [0.717, 1.165) is 16.4 Å². The summed E-state index contributed by atoms with van der Waals surface area (Å²) in [5.74, 6) is -0.309. The second-order valence-corrected chi connectivity index (χ2v) is 5.95. The number of carbonyl (C=O) groups is 1. The normalized spacial score (nSPS) is 10.7. The molecule has 2 heterocycles. The van der Waals surface area contributed by atoms with E-state index >= 15 is 0 Å². The number of thiazole rings is 1. The van der Waals surface area contributed by atoms with Crippen molar-refractivity contribution in [3.63, 3.8) is 0 Å². The fourth-order valence-electron chi connectivity index (χ4n) is 2.18. The van der Waals surface area contributed by atoms with E-state index in [1.165, 1.54) is 23.5 Å². The van der Waals surface area contributed by atoms with E-state index in [0.29, 0.717) is 13.0 Å². The second kappa shape index (κ2) is 7.19. The maximum absolute atomic E-state index is 12.8. The molecule has 0 radical (unpaired) electrons. The monoisotopic (exact) mass is 329 g/mol. The maximum atomic E-state index is 12.8. The third-order valence-corrected chi connectivity index (χ3v) is 4.26. The number of aromatic nitrogens is 2. The zero-order valence-electron chi connectivity index (χ0n) is 12.4. The van der Waals surface area contributed by atoms with Crippen molar-refractivity contribution in [3.8, 4) is 5.13 Å². The van der Waals surface area contributed by atoms with Gasteiger partial charge in [0.1, 0.15) is 5.82 Å². The van der Waals surface area contributed by atoms with Gasteiger partial charge in [0.05, 0.1) is 12.1 Å². The molecule has 1 amide bonds. The number of nitrogens with one attached hydrogen (secondary N) is 1. The lowest BCUT2D eigenvalue weighted by molar-refractivity contribution is -0.120. The molecule has 3 rings (SSSR count). The first-order valence-corrected chi connectivity index (χ1v) is 8.17. The Morgan fingerprint density at radius 1 is 1.22 bits per heavy atom. The predicted octanol–water partition coefficient (Wildman–Crippen LogP) is 2.97. The minimum Gasteiger partial charge on any atom is -0.355 e. The summed E-state index contributed by atoms with van der Waals surface area (Å²) in [5, 5.41) is 5.61. The van der Waals surface area contributed by atoms with Gasteiger partial charge in [-0.3, -0.25) is 4.79 Å². The minimum absolute atomic E-state index is 0.0588. The second-order valence-electron chi connectivity index (χ2n) is 5.11. The average molecular weight is 329 g/mol. The third-order valence-electron chi connectivity index (χ3n) is 3.36. The zero-order valence-corrected chi connectivity index (χ0v) is 13.2. The summed E-state index contributed by atoms with van der Waals surface area (Å²) in [6.45, 7) is 0.527. The molecule has 1 aromatic carbocycles. The predicted molar refractivity (Wildman–Crippen MR) is 88.3 cm³/mol. The highest BCUT2D eigenvalue weighted by atomic mass is 32.1. The van der Waals surface area contributed by atoms with Crippen LogP contribution in [-0.2, 0) is 17.6 Å². The fraction of sp³-hybridized carbons (Fsp3) is 0.176. The number of amides is 1. The van der Waals surface area contributed by atoms with Gasteiger partial charge >= 0.3 is 0 Å². The fourth-order valence-corrected chi connectivity index (χ4v) is 2.97. The van der Waals surface area contributed by atoms with Crippen molar-refractivity contribution >= 4 is 17.2 Å². The van der Waals surface area contributed by atoms with Crippen molar-refractivity contribution in [1.82, 2.24) is 14.9 Å².